The number of hydrogen-bond acceptors (Lipinski definition) is 5. The van der Waals surface area contributed by atoms with E-state index in [1.807, 2.05) is 19.1 Å². The molecule has 31 heavy (non-hydrogen) atoms. The summed E-state index contributed by atoms with van der Waals surface area (Å²) in [6.45, 7) is 9.40. The number of ether oxygens (including phenoxy) is 3. The molecule has 5 heteroatoms. The molecule has 3 rings (SSSR count). The van der Waals surface area contributed by atoms with Gasteiger partial charge in [0.25, 0.3) is 0 Å². The topological polar surface area (TPSA) is 44.8 Å². The molecule has 0 aliphatic heterocycles. The van der Waals surface area contributed by atoms with Gasteiger partial charge in [0.05, 0.1) is 13.0 Å². The van der Waals surface area contributed by atoms with E-state index in [4.69, 9.17) is 14.2 Å². The van der Waals surface area contributed by atoms with Crippen molar-refractivity contribution in [2.45, 2.75) is 46.8 Å². The predicted octanol–water partition coefficient (Wildman–Crippen LogP) is 6.64. The Hall–Kier alpha value is -2.63. The molecule has 4 nitrogen and oxygen atoms in total. The van der Waals surface area contributed by atoms with E-state index in [1.165, 1.54) is 33.6 Å². The molecule has 0 aliphatic carbocycles. The molecule has 0 bridgehead atoms. The summed E-state index contributed by atoms with van der Waals surface area (Å²) in [4.78, 5) is 12.9. The average molecular weight is 439 g/mol. The van der Waals surface area contributed by atoms with E-state index in [9.17, 15) is 4.79 Å². The SMILES string of the molecule is CCOC(=O)CC(OCC)c1ccc(OCc2cccc(-c3c(C)cccc3C)c2)s1. The maximum atomic E-state index is 11.9. The molecule has 3 aromatic rings. The number of esters is 1. The molecule has 0 fully saturated rings. The van der Waals surface area contributed by atoms with Crippen LogP contribution in [0.1, 0.15) is 47.9 Å². The third-order valence-corrected chi connectivity index (χ3v) is 6.11. The summed E-state index contributed by atoms with van der Waals surface area (Å²) >= 11 is 1.51. The zero-order chi connectivity index (χ0) is 22.2. The second kappa shape index (κ2) is 11.1. The van der Waals surface area contributed by atoms with Crippen LogP contribution >= 0.6 is 11.3 Å². The minimum absolute atomic E-state index is 0.208. The normalized spacial score (nSPS) is 11.9. The van der Waals surface area contributed by atoms with Gasteiger partial charge in [0.2, 0.25) is 0 Å². The van der Waals surface area contributed by atoms with Crippen molar-refractivity contribution in [3.8, 4) is 16.2 Å². The van der Waals surface area contributed by atoms with Gasteiger partial charge in [-0.2, -0.15) is 0 Å². The number of carbonyl (C=O) groups excluding carboxylic acids is 1. The van der Waals surface area contributed by atoms with Crippen LogP contribution in [0.15, 0.2) is 54.6 Å². The Kier molecular flexibility index (Phi) is 8.27. The molecular formula is C26H30O4S. The van der Waals surface area contributed by atoms with E-state index in [0.29, 0.717) is 19.8 Å². The van der Waals surface area contributed by atoms with Crippen molar-refractivity contribution in [1.29, 1.82) is 0 Å². The quantitative estimate of drug-likeness (QED) is 0.333. The van der Waals surface area contributed by atoms with Gasteiger partial charge >= 0.3 is 5.97 Å². The molecule has 0 spiro atoms. The van der Waals surface area contributed by atoms with E-state index in [-0.39, 0.29) is 18.5 Å². The van der Waals surface area contributed by atoms with Gasteiger partial charge in [0.1, 0.15) is 12.7 Å². The van der Waals surface area contributed by atoms with E-state index < -0.39 is 0 Å². The molecule has 0 radical (unpaired) electrons. The predicted molar refractivity (Wildman–Crippen MR) is 126 cm³/mol. The first kappa shape index (κ1) is 23.0. The first-order valence-corrected chi connectivity index (χ1v) is 11.5. The minimum atomic E-state index is -0.307. The zero-order valence-corrected chi connectivity index (χ0v) is 19.5. The minimum Gasteiger partial charge on any atom is -0.479 e. The Morgan fingerprint density at radius 1 is 0.968 bits per heavy atom. The Morgan fingerprint density at radius 2 is 1.71 bits per heavy atom. The van der Waals surface area contributed by atoms with Crippen LogP contribution in [0, 0.1) is 13.8 Å². The van der Waals surface area contributed by atoms with Crippen LogP contribution in [0.25, 0.3) is 11.1 Å². The Morgan fingerprint density at radius 3 is 2.42 bits per heavy atom. The molecule has 0 N–H and O–H groups in total. The average Bonchev–Trinajstić information content (AvgIpc) is 3.21. The highest BCUT2D eigenvalue weighted by atomic mass is 32.1. The van der Waals surface area contributed by atoms with Crippen molar-refractivity contribution in [3.63, 3.8) is 0 Å². The number of rotatable bonds is 10. The lowest BCUT2D eigenvalue weighted by Gasteiger charge is -2.14. The van der Waals surface area contributed by atoms with Gasteiger partial charge in [-0.05, 0) is 73.7 Å². The number of thiophene rings is 1. The molecule has 1 unspecified atom stereocenters. The first-order chi connectivity index (χ1) is 15.0. The molecule has 1 aromatic heterocycles. The van der Waals surface area contributed by atoms with E-state index in [0.717, 1.165) is 15.5 Å². The van der Waals surface area contributed by atoms with Gasteiger partial charge in [-0.1, -0.05) is 36.4 Å². The first-order valence-electron chi connectivity index (χ1n) is 10.7. The van der Waals surface area contributed by atoms with Crippen molar-refractivity contribution in [1.82, 2.24) is 0 Å². The van der Waals surface area contributed by atoms with Gasteiger partial charge in [-0.3, -0.25) is 4.79 Å². The van der Waals surface area contributed by atoms with E-state index in [1.54, 1.807) is 6.92 Å². The number of aryl methyl sites for hydroxylation is 2. The van der Waals surface area contributed by atoms with Crippen LogP contribution in [0.4, 0.5) is 0 Å². The number of carbonyl (C=O) groups is 1. The van der Waals surface area contributed by atoms with Crippen LogP contribution < -0.4 is 4.74 Å². The van der Waals surface area contributed by atoms with Crippen LogP contribution in [0.3, 0.4) is 0 Å². The lowest BCUT2D eigenvalue weighted by atomic mass is 9.95. The number of hydrogen-bond donors (Lipinski definition) is 0. The molecule has 0 aliphatic rings. The third kappa shape index (κ3) is 6.18. The monoisotopic (exact) mass is 438 g/mol. The molecular weight excluding hydrogens is 408 g/mol. The summed E-state index contributed by atoms with van der Waals surface area (Å²) in [6.07, 6.45) is -0.0989. The van der Waals surface area contributed by atoms with Crippen molar-refractivity contribution < 1.29 is 19.0 Å². The maximum absolute atomic E-state index is 11.9. The molecule has 2 aromatic carbocycles. The van der Waals surface area contributed by atoms with Crippen LogP contribution in [0.2, 0.25) is 0 Å². The Bertz CT molecular complexity index is 988. The molecule has 1 heterocycles. The smallest absolute Gasteiger partial charge is 0.308 e. The fourth-order valence-corrected chi connectivity index (χ4v) is 4.55. The maximum Gasteiger partial charge on any atom is 0.308 e. The largest absolute Gasteiger partial charge is 0.479 e. The lowest BCUT2D eigenvalue weighted by molar-refractivity contribution is -0.146. The molecule has 0 saturated carbocycles. The fourth-order valence-electron chi connectivity index (χ4n) is 3.64. The molecule has 0 amide bonds. The summed E-state index contributed by atoms with van der Waals surface area (Å²) in [6, 6.07) is 18.8. The van der Waals surface area contributed by atoms with Crippen molar-refractivity contribution >= 4 is 17.3 Å². The van der Waals surface area contributed by atoms with Crippen molar-refractivity contribution in [3.05, 3.63) is 76.2 Å². The van der Waals surface area contributed by atoms with Crippen molar-refractivity contribution in [2.75, 3.05) is 13.2 Å². The second-order valence-corrected chi connectivity index (χ2v) is 8.44. The summed E-state index contributed by atoms with van der Waals surface area (Å²) in [5, 5.41) is 0.807. The lowest BCUT2D eigenvalue weighted by Crippen LogP contribution is -2.12. The van der Waals surface area contributed by atoms with Crippen LogP contribution in [0.5, 0.6) is 5.06 Å². The van der Waals surface area contributed by atoms with E-state index in [2.05, 4.69) is 56.3 Å². The van der Waals surface area contributed by atoms with Gasteiger partial charge in [-0.25, -0.2) is 0 Å². The number of benzene rings is 2. The van der Waals surface area contributed by atoms with Crippen LogP contribution in [-0.4, -0.2) is 19.2 Å². The van der Waals surface area contributed by atoms with Gasteiger partial charge in [0.15, 0.2) is 5.06 Å². The second-order valence-electron chi connectivity index (χ2n) is 7.37. The Balaban J connectivity index is 1.68. The Labute approximate surface area is 188 Å². The summed E-state index contributed by atoms with van der Waals surface area (Å²) in [5.74, 6) is -0.250. The third-order valence-electron chi connectivity index (χ3n) is 5.02. The molecule has 0 saturated heterocycles. The zero-order valence-electron chi connectivity index (χ0n) is 18.6. The van der Waals surface area contributed by atoms with Crippen molar-refractivity contribution in [2.24, 2.45) is 0 Å². The highest BCUT2D eigenvalue weighted by molar-refractivity contribution is 7.13. The standard InChI is InChI=1S/C26H30O4S/c1-5-28-22(16-24(27)29-6-2)23-13-14-25(31-23)30-17-20-11-8-12-21(15-20)26-18(3)9-7-10-19(26)4/h7-15,22H,5-6,16-17H2,1-4H3. The van der Waals surface area contributed by atoms with Gasteiger partial charge in [-0.15, -0.1) is 11.3 Å². The van der Waals surface area contributed by atoms with Gasteiger partial charge < -0.3 is 14.2 Å². The van der Waals surface area contributed by atoms with E-state index >= 15 is 0 Å². The van der Waals surface area contributed by atoms with Gasteiger partial charge in [0, 0.05) is 11.5 Å². The fraction of sp³-hybridized carbons (Fsp3) is 0.346. The summed E-state index contributed by atoms with van der Waals surface area (Å²) in [5.41, 5.74) is 6.13. The molecule has 1 atom stereocenters. The summed E-state index contributed by atoms with van der Waals surface area (Å²) in [7, 11) is 0. The highest BCUT2D eigenvalue weighted by Gasteiger charge is 2.19. The van der Waals surface area contributed by atoms with Crippen LogP contribution in [-0.2, 0) is 20.9 Å². The molecule has 164 valence electrons. The highest BCUT2D eigenvalue weighted by Crippen LogP contribution is 2.34. The summed E-state index contributed by atoms with van der Waals surface area (Å²) < 4.78 is 16.9.